The molecule has 2 aliphatic rings. The molecule has 2 aromatic carbocycles. The van der Waals surface area contributed by atoms with Crippen LogP contribution in [0.2, 0.25) is 0 Å². The predicted octanol–water partition coefficient (Wildman–Crippen LogP) is 9.15. The van der Waals surface area contributed by atoms with Crippen LogP contribution in [0.25, 0.3) is 0 Å². The van der Waals surface area contributed by atoms with Gasteiger partial charge < -0.3 is 14.2 Å². The first-order valence-electron chi connectivity index (χ1n) is 14.3. The van der Waals surface area contributed by atoms with Crippen molar-refractivity contribution in [3.8, 4) is 0 Å². The van der Waals surface area contributed by atoms with E-state index >= 15 is 0 Å². The molecule has 0 bridgehead atoms. The Hall–Kier alpha value is -2.88. The van der Waals surface area contributed by atoms with Crippen LogP contribution < -0.4 is 9.80 Å². The zero-order chi connectivity index (χ0) is 29.4. The van der Waals surface area contributed by atoms with Crippen LogP contribution in [0, 0.1) is 12.8 Å². The van der Waals surface area contributed by atoms with Crippen LogP contribution >= 0.6 is 12.4 Å². The van der Waals surface area contributed by atoms with Crippen molar-refractivity contribution in [2.24, 2.45) is 5.92 Å². The molecule has 4 nitrogen and oxygen atoms in total. The molecule has 0 radical (unpaired) electrons. The summed E-state index contributed by atoms with van der Waals surface area (Å²) in [5.74, 6) is 0.604. The highest BCUT2D eigenvalue weighted by Crippen LogP contribution is 2.38. The van der Waals surface area contributed by atoms with Crippen molar-refractivity contribution in [2.45, 2.75) is 84.2 Å². The summed E-state index contributed by atoms with van der Waals surface area (Å²) in [7, 11) is 0. The van der Waals surface area contributed by atoms with Crippen LogP contribution in [0.3, 0.4) is 0 Å². The molecule has 0 saturated heterocycles. The standard InChI is InChI=1S/C31H35F6N3O.ClH/c1-3-39(16-21-7-4-5-8-21)28-14-24-10-6-9-23(24)13-25(28)18-40(29-38-20(2)19-41-29)17-22-11-26(30(32,33)34)15-27(12-22)31(35,36)37;/h11-15,19,21H,3-10,16-18H2,1-2H3;1H. The van der Waals surface area contributed by atoms with Crippen LogP contribution in [-0.4, -0.2) is 18.1 Å². The minimum Gasteiger partial charge on any atom is -0.432 e. The van der Waals surface area contributed by atoms with Gasteiger partial charge in [0.25, 0.3) is 6.01 Å². The van der Waals surface area contributed by atoms with Crippen molar-refractivity contribution in [2.75, 3.05) is 22.9 Å². The SMILES string of the molecule is CCN(CC1CCCC1)c1cc2c(cc1CN(Cc1cc(C(F)(F)F)cc(C(F)(F)F)c1)c1nc(C)co1)CCC2.Cl. The van der Waals surface area contributed by atoms with E-state index < -0.39 is 23.5 Å². The lowest BCUT2D eigenvalue weighted by molar-refractivity contribution is -0.143. The normalized spacial score (nSPS) is 15.5. The van der Waals surface area contributed by atoms with Gasteiger partial charge in [-0.3, -0.25) is 0 Å². The molecule has 230 valence electrons. The average molecular weight is 616 g/mol. The Bertz CT molecular complexity index is 1330. The summed E-state index contributed by atoms with van der Waals surface area (Å²) in [5.41, 5.74) is 2.34. The maximum absolute atomic E-state index is 13.6. The van der Waals surface area contributed by atoms with Gasteiger partial charge in [0.15, 0.2) is 0 Å². The predicted molar refractivity (Wildman–Crippen MR) is 153 cm³/mol. The van der Waals surface area contributed by atoms with E-state index in [-0.39, 0.29) is 43.1 Å². The van der Waals surface area contributed by atoms with E-state index in [1.807, 2.05) is 0 Å². The highest BCUT2D eigenvalue weighted by molar-refractivity contribution is 5.85. The Balaban J connectivity index is 0.00000405. The van der Waals surface area contributed by atoms with Crippen molar-refractivity contribution in [3.63, 3.8) is 0 Å². The van der Waals surface area contributed by atoms with E-state index in [9.17, 15) is 26.3 Å². The topological polar surface area (TPSA) is 32.5 Å². The summed E-state index contributed by atoms with van der Waals surface area (Å²) in [4.78, 5) is 8.40. The summed E-state index contributed by atoms with van der Waals surface area (Å²) in [6.07, 6.45) is -0.580. The molecule has 0 unspecified atom stereocenters. The van der Waals surface area contributed by atoms with Crippen molar-refractivity contribution in [3.05, 3.63) is 75.7 Å². The number of anilines is 2. The molecule has 0 N–H and O–H groups in total. The van der Waals surface area contributed by atoms with Gasteiger partial charge in [0.05, 0.1) is 16.8 Å². The number of aryl methyl sites for hydroxylation is 3. The number of aromatic nitrogens is 1. The van der Waals surface area contributed by atoms with Gasteiger partial charge >= 0.3 is 12.4 Å². The van der Waals surface area contributed by atoms with E-state index in [1.165, 1.54) is 43.1 Å². The Kier molecular flexibility index (Phi) is 9.75. The number of fused-ring (bicyclic) bond motifs is 1. The van der Waals surface area contributed by atoms with E-state index in [0.717, 1.165) is 55.7 Å². The second-order valence-electron chi connectivity index (χ2n) is 11.3. The number of rotatable bonds is 9. The molecular weight excluding hydrogens is 580 g/mol. The van der Waals surface area contributed by atoms with E-state index in [2.05, 4.69) is 28.9 Å². The van der Waals surface area contributed by atoms with Gasteiger partial charge in [-0.25, -0.2) is 0 Å². The Morgan fingerprint density at radius 3 is 2.00 bits per heavy atom. The van der Waals surface area contributed by atoms with Crippen LogP contribution in [0.5, 0.6) is 0 Å². The van der Waals surface area contributed by atoms with E-state index in [0.29, 0.717) is 11.6 Å². The number of hydrogen-bond donors (Lipinski definition) is 0. The Morgan fingerprint density at radius 1 is 0.833 bits per heavy atom. The monoisotopic (exact) mass is 615 g/mol. The van der Waals surface area contributed by atoms with E-state index in [1.54, 1.807) is 11.8 Å². The van der Waals surface area contributed by atoms with Crippen LogP contribution in [0.1, 0.15) is 78.1 Å². The number of halogens is 7. The molecule has 0 amide bonds. The van der Waals surface area contributed by atoms with Gasteiger partial charge in [-0.1, -0.05) is 18.9 Å². The molecule has 0 atom stereocenters. The highest BCUT2D eigenvalue weighted by Gasteiger charge is 2.37. The largest absolute Gasteiger partial charge is 0.432 e. The average Bonchev–Trinajstić information content (AvgIpc) is 3.67. The zero-order valence-electron chi connectivity index (χ0n) is 23.7. The highest BCUT2D eigenvalue weighted by atomic mass is 35.5. The molecule has 1 aromatic heterocycles. The van der Waals surface area contributed by atoms with Gasteiger partial charge in [0, 0.05) is 31.9 Å². The summed E-state index contributed by atoms with van der Waals surface area (Å²) in [6.45, 7) is 5.53. The second kappa shape index (κ2) is 12.8. The van der Waals surface area contributed by atoms with Crippen LogP contribution in [0.4, 0.5) is 38.0 Å². The van der Waals surface area contributed by atoms with Crippen LogP contribution in [0.15, 0.2) is 41.0 Å². The Labute approximate surface area is 248 Å². The van der Waals surface area contributed by atoms with Crippen molar-refractivity contribution in [1.82, 2.24) is 4.98 Å². The van der Waals surface area contributed by atoms with Crippen molar-refractivity contribution >= 4 is 24.1 Å². The second-order valence-corrected chi connectivity index (χ2v) is 11.3. The number of hydrogen-bond acceptors (Lipinski definition) is 4. The molecule has 0 aliphatic heterocycles. The summed E-state index contributed by atoms with van der Waals surface area (Å²) in [5, 5.41) is 0. The molecule has 11 heteroatoms. The van der Waals surface area contributed by atoms with Gasteiger partial charge in [0.2, 0.25) is 0 Å². The Morgan fingerprint density at radius 2 is 1.45 bits per heavy atom. The third-order valence-corrected chi connectivity index (χ3v) is 8.23. The van der Waals surface area contributed by atoms with Gasteiger partial charge in [-0.05, 0) is 98.4 Å². The van der Waals surface area contributed by atoms with Crippen LogP contribution in [-0.2, 0) is 38.3 Å². The number of nitrogens with zero attached hydrogens (tertiary/aromatic N) is 3. The summed E-state index contributed by atoms with van der Waals surface area (Å²) in [6, 6.07) is 6.26. The molecule has 1 heterocycles. The fraction of sp³-hybridized carbons (Fsp3) is 0.516. The van der Waals surface area contributed by atoms with Crippen molar-refractivity contribution in [1.29, 1.82) is 0 Å². The molecular formula is C31H36ClF6N3O. The lowest BCUT2D eigenvalue weighted by Crippen LogP contribution is -2.31. The third-order valence-electron chi connectivity index (χ3n) is 8.23. The maximum Gasteiger partial charge on any atom is 0.416 e. The number of benzene rings is 2. The van der Waals surface area contributed by atoms with Gasteiger partial charge in [-0.2, -0.15) is 31.3 Å². The molecule has 3 aromatic rings. The van der Waals surface area contributed by atoms with Gasteiger partial charge in [0.1, 0.15) is 6.26 Å². The quantitative estimate of drug-likeness (QED) is 0.225. The number of alkyl halides is 6. The fourth-order valence-corrected chi connectivity index (χ4v) is 6.20. The molecule has 5 rings (SSSR count). The summed E-state index contributed by atoms with van der Waals surface area (Å²) >= 11 is 0. The first-order valence-corrected chi connectivity index (χ1v) is 14.3. The third kappa shape index (κ3) is 7.36. The fourth-order valence-electron chi connectivity index (χ4n) is 6.20. The molecule has 42 heavy (non-hydrogen) atoms. The number of oxazole rings is 1. The molecule has 1 fully saturated rings. The zero-order valence-corrected chi connectivity index (χ0v) is 24.6. The smallest absolute Gasteiger partial charge is 0.416 e. The van der Waals surface area contributed by atoms with Crippen molar-refractivity contribution < 1.29 is 30.8 Å². The maximum atomic E-state index is 13.6. The molecule has 0 spiro atoms. The lowest BCUT2D eigenvalue weighted by atomic mass is 10.0. The molecule has 2 aliphatic carbocycles. The van der Waals surface area contributed by atoms with E-state index in [4.69, 9.17) is 4.42 Å². The minimum absolute atomic E-state index is 0. The lowest BCUT2D eigenvalue weighted by Gasteiger charge is -2.31. The van der Waals surface area contributed by atoms with Gasteiger partial charge in [-0.15, -0.1) is 12.4 Å². The first-order chi connectivity index (χ1) is 19.4. The first kappa shape index (κ1) is 32.0. The minimum atomic E-state index is -4.92. The molecule has 1 saturated carbocycles. The summed E-state index contributed by atoms with van der Waals surface area (Å²) < 4.78 is 87.3.